The minimum Gasteiger partial charge on any atom is -0.379 e. The van der Waals surface area contributed by atoms with Gasteiger partial charge in [-0.05, 0) is 31.5 Å². The van der Waals surface area contributed by atoms with Gasteiger partial charge in [-0.1, -0.05) is 29.3 Å². The molecule has 1 fully saturated rings. The van der Waals surface area contributed by atoms with E-state index in [0.717, 1.165) is 31.9 Å². The molecule has 1 aromatic rings. The lowest BCUT2D eigenvalue weighted by Crippen LogP contribution is -2.44. The van der Waals surface area contributed by atoms with E-state index in [9.17, 15) is 0 Å². The fraction of sp³-hybridized carbons (Fsp3) is 0.562. The van der Waals surface area contributed by atoms with E-state index in [1.54, 1.807) is 6.07 Å². The van der Waals surface area contributed by atoms with Crippen LogP contribution in [0.2, 0.25) is 10.0 Å². The van der Waals surface area contributed by atoms with Gasteiger partial charge in [-0.3, -0.25) is 9.89 Å². The van der Waals surface area contributed by atoms with E-state index in [0.29, 0.717) is 28.6 Å². The molecule has 1 aliphatic rings. The summed E-state index contributed by atoms with van der Waals surface area (Å²) in [5, 5.41) is 4.41. The summed E-state index contributed by atoms with van der Waals surface area (Å²) in [6.45, 7) is 8.26. The van der Waals surface area contributed by atoms with E-state index in [-0.39, 0.29) is 30.0 Å². The molecule has 136 valence electrons. The highest BCUT2D eigenvalue weighted by Gasteiger charge is 2.17. The maximum atomic E-state index is 6.21. The Morgan fingerprint density at radius 1 is 1.33 bits per heavy atom. The Kier molecular flexibility index (Phi) is 9.66. The van der Waals surface area contributed by atoms with Crippen molar-refractivity contribution in [1.29, 1.82) is 0 Å². The Hall–Kier alpha value is -0.280. The van der Waals surface area contributed by atoms with Gasteiger partial charge in [0.15, 0.2) is 5.96 Å². The molecule has 1 aromatic carbocycles. The minimum atomic E-state index is -0.0396. The Labute approximate surface area is 170 Å². The van der Waals surface area contributed by atoms with Crippen LogP contribution in [0.15, 0.2) is 23.2 Å². The highest BCUT2D eigenvalue weighted by atomic mass is 127. The highest BCUT2D eigenvalue weighted by Crippen LogP contribution is 2.25. The van der Waals surface area contributed by atoms with Gasteiger partial charge in [0.2, 0.25) is 0 Å². The SMILES string of the molecule is CC(NC(N)=NCC(C)N1CCOCC1)c1ccc(Cl)cc1Cl.I. The Bertz CT molecular complexity index is 553. The van der Waals surface area contributed by atoms with Crippen molar-refractivity contribution < 1.29 is 4.74 Å². The molecule has 0 aliphatic carbocycles. The van der Waals surface area contributed by atoms with Crippen molar-refractivity contribution in [3.05, 3.63) is 33.8 Å². The van der Waals surface area contributed by atoms with Crippen LogP contribution >= 0.6 is 47.2 Å². The van der Waals surface area contributed by atoms with Crippen LogP contribution in [0.5, 0.6) is 0 Å². The van der Waals surface area contributed by atoms with Crippen molar-refractivity contribution in [2.75, 3.05) is 32.8 Å². The highest BCUT2D eigenvalue weighted by molar-refractivity contribution is 14.0. The largest absolute Gasteiger partial charge is 0.379 e. The van der Waals surface area contributed by atoms with E-state index in [1.807, 2.05) is 19.1 Å². The molecule has 0 saturated carbocycles. The number of nitrogens with zero attached hydrogens (tertiary/aromatic N) is 2. The number of guanidine groups is 1. The van der Waals surface area contributed by atoms with E-state index in [1.165, 1.54) is 0 Å². The molecule has 2 rings (SSSR count). The molecule has 1 heterocycles. The Morgan fingerprint density at radius 2 is 2.00 bits per heavy atom. The van der Waals surface area contributed by atoms with Crippen LogP contribution in [0.1, 0.15) is 25.5 Å². The van der Waals surface area contributed by atoms with Crippen LogP contribution < -0.4 is 11.1 Å². The molecule has 1 aliphatic heterocycles. The van der Waals surface area contributed by atoms with E-state index < -0.39 is 0 Å². The van der Waals surface area contributed by atoms with Crippen molar-refractivity contribution in [3.8, 4) is 0 Å². The first-order chi connectivity index (χ1) is 11.0. The third-order valence-electron chi connectivity index (χ3n) is 3.99. The van der Waals surface area contributed by atoms with Gasteiger partial charge in [0.25, 0.3) is 0 Å². The van der Waals surface area contributed by atoms with Crippen molar-refractivity contribution in [2.24, 2.45) is 10.7 Å². The van der Waals surface area contributed by atoms with Gasteiger partial charge in [-0.15, -0.1) is 24.0 Å². The van der Waals surface area contributed by atoms with Gasteiger partial charge < -0.3 is 15.8 Å². The summed E-state index contributed by atoms with van der Waals surface area (Å²) in [5.74, 6) is 0.420. The van der Waals surface area contributed by atoms with Gasteiger partial charge in [-0.2, -0.15) is 0 Å². The number of benzene rings is 1. The van der Waals surface area contributed by atoms with Crippen LogP contribution in [0.3, 0.4) is 0 Å². The first-order valence-corrected chi connectivity index (χ1v) is 8.56. The van der Waals surface area contributed by atoms with Crippen molar-refractivity contribution in [1.82, 2.24) is 10.2 Å². The molecule has 2 atom stereocenters. The lowest BCUT2D eigenvalue weighted by Gasteiger charge is -2.31. The van der Waals surface area contributed by atoms with Crippen LogP contribution in [-0.2, 0) is 4.74 Å². The number of hydrogen-bond donors (Lipinski definition) is 2. The molecule has 2 unspecified atom stereocenters. The van der Waals surface area contributed by atoms with Crippen LogP contribution in [0.25, 0.3) is 0 Å². The first-order valence-electron chi connectivity index (χ1n) is 7.80. The molecule has 5 nitrogen and oxygen atoms in total. The van der Waals surface area contributed by atoms with Crippen LogP contribution in [0, 0.1) is 0 Å². The molecular weight excluding hydrogens is 462 g/mol. The van der Waals surface area contributed by atoms with Crippen molar-refractivity contribution >= 4 is 53.1 Å². The molecule has 1 saturated heterocycles. The molecule has 0 amide bonds. The van der Waals surface area contributed by atoms with Gasteiger partial charge in [0, 0.05) is 29.2 Å². The average molecular weight is 487 g/mol. The standard InChI is InChI=1S/C16H24Cl2N4O.HI/c1-11(22-5-7-23-8-6-22)10-20-16(19)21-12(2)14-4-3-13(17)9-15(14)18;/h3-4,9,11-12H,5-8,10H2,1-2H3,(H3,19,20,21);1H. The molecule has 24 heavy (non-hydrogen) atoms. The molecule has 0 bridgehead atoms. The second kappa shape index (κ2) is 10.7. The second-order valence-corrected chi connectivity index (χ2v) is 6.60. The Balaban J connectivity index is 0.00000288. The lowest BCUT2D eigenvalue weighted by molar-refractivity contribution is 0.0220. The minimum absolute atomic E-state index is 0. The monoisotopic (exact) mass is 486 g/mol. The van der Waals surface area contributed by atoms with Crippen molar-refractivity contribution in [3.63, 3.8) is 0 Å². The van der Waals surface area contributed by atoms with Crippen molar-refractivity contribution in [2.45, 2.75) is 25.9 Å². The van der Waals surface area contributed by atoms with Gasteiger partial charge in [0.1, 0.15) is 0 Å². The molecular formula is C16H25Cl2IN4O. The maximum absolute atomic E-state index is 6.21. The summed E-state index contributed by atoms with van der Waals surface area (Å²) in [7, 11) is 0. The second-order valence-electron chi connectivity index (χ2n) is 5.76. The summed E-state index contributed by atoms with van der Waals surface area (Å²) in [6.07, 6.45) is 0. The molecule has 0 spiro atoms. The zero-order chi connectivity index (χ0) is 16.8. The molecule has 0 radical (unpaired) electrons. The molecule has 0 aromatic heterocycles. The van der Waals surface area contributed by atoms with Gasteiger partial charge in [-0.25, -0.2) is 0 Å². The summed E-state index contributed by atoms with van der Waals surface area (Å²) in [6, 6.07) is 5.74. The summed E-state index contributed by atoms with van der Waals surface area (Å²) >= 11 is 12.1. The van der Waals surface area contributed by atoms with E-state index >= 15 is 0 Å². The first kappa shape index (κ1) is 21.8. The molecule has 3 N–H and O–H groups in total. The number of hydrogen-bond acceptors (Lipinski definition) is 3. The number of nitrogens with two attached hydrogens (primary N) is 1. The number of nitrogens with one attached hydrogen (secondary N) is 1. The molecule has 8 heteroatoms. The third-order valence-corrected chi connectivity index (χ3v) is 4.55. The van der Waals surface area contributed by atoms with E-state index in [2.05, 4.69) is 22.1 Å². The third kappa shape index (κ3) is 6.55. The number of halogens is 3. The van der Waals surface area contributed by atoms with Crippen LogP contribution in [-0.4, -0.2) is 49.7 Å². The number of aliphatic imine (C=N–C) groups is 1. The maximum Gasteiger partial charge on any atom is 0.189 e. The lowest BCUT2D eigenvalue weighted by atomic mass is 10.1. The fourth-order valence-corrected chi connectivity index (χ4v) is 3.13. The number of morpholine rings is 1. The normalized spacial score (nSPS) is 18.6. The fourth-order valence-electron chi connectivity index (χ4n) is 2.56. The summed E-state index contributed by atoms with van der Waals surface area (Å²) < 4.78 is 5.36. The summed E-state index contributed by atoms with van der Waals surface area (Å²) in [5.41, 5.74) is 6.94. The predicted molar refractivity (Wildman–Crippen MR) is 112 cm³/mol. The zero-order valence-electron chi connectivity index (χ0n) is 14.0. The quantitative estimate of drug-likeness (QED) is 0.381. The average Bonchev–Trinajstić information content (AvgIpc) is 2.53. The Morgan fingerprint density at radius 3 is 2.62 bits per heavy atom. The topological polar surface area (TPSA) is 62.9 Å². The smallest absolute Gasteiger partial charge is 0.189 e. The number of rotatable bonds is 5. The zero-order valence-corrected chi connectivity index (χ0v) is 17.8. The summed E-state index contributed by atoms with van der Waals surface area (Å²) in [4.78, 5) is 6.80. The predicted octanol–water partition coefficient (Wildman–Crippen LogP) is 3.30. The van der Waals surface area contributed by atoms with E-state index in [4.69, 9.17) is 33.7 Å². The van der Waals surface area contributed by atoms with Gasteiger partial charge in [0.05, 0.1) is 25.8 Å². The van der Waals surface area contributed by atoms with Gasteiger partial charge >= 0.3 is 0 Å². The number of ether oxygens (including phenoxy) is 1. The van der Waals surface area contributed by atoms with Crippen LogP contribution in [0.4, 0.5) is 0 Å².